The molecule has 0 radical (unpaired) electrons. The molecule has 0 saturated heterocycles. The SMILES string of the molecule is O=C(NCC1(c2ccc(Cl)cc2)CC1)c1cc(F)c(F)c(F)c1. The summed E-state index contributed by atoms with van der Waals surface area (Å²) >= 11 is 5.86. The number of amides is 1. The maximum Gasteiger partial charge on any atom is 0.251 e. The highest BCUT2D eigenvalue weighted by molar-refractivity contribution is 6.30. The van der Waals surface area contributed by atoms with Crippen molar-refractivity contribution in [2.24, 2.45) is 0 Å². The molecule has 2 nitrogen and oxygen atoms in total. The number of nitrogens with one attached hydrogen (secondary N) is 1. The van der Waals surface area contributed by atoms with Crippen molar-refractivity contribution in [3.8, 4) is 0 Å². The van der Waals surface area contributed by atoms with Gasteiger partial charge in [0.1, 0.15) is 0 Å². The van der Waals surface area contributed by atoms with Crippen molar-refractivity contribution < 1.29 is 18.0 Å². The van der Waals surface area contributed by atoms with Crippen LogP contribution in [0.4, 0.5) is 13.2 Å². The summed E-state index contributed by atoms with van der Waals surface area (Å²) in [6, 6.07) is 8.75. The van der Waals surface area contributed by atoms with Crippen LogP contribution in [-0.2, 0) is 5.41 Å². The first-order valence-electron chi connectivity index (χ1n) is 7.10. The van der Waals surface area contributed by atoms with Crippen molar-refractivity contribution in [1.82, 2.24) is 5.32 Å². The van der Waals surface area contributed by atoms with Gasteiger partial charge in [0.2, 0.25) is 0 Å². The van der Waals surface area contributed by atoms with E-state index in [0.717, 1.165) is 18.4 Å². The highest BCUT2D eigenvalue weighted by Gasteiger charge is 2.44. The summed E-state index contributed by atoms with van der Waals surface area (Å²) in [4.78, 5) is 12.0. The second-order valence-corrected chi connectivity index (χ2v) is 6.16. The van der Waals surface area contributed by atoms with Gasteiger partial charge in [-0.25, -0.2) is 13.2 Å². The van der Waals surface area contributed by atoms with Crippen molar-refractivity contribution in [3.05, 3.63) is 70.0 Å². The van der Waals surface area contributed by atoms with Crippen LogP contribution in [0.15, 0.2) is 36.4 Å². The maximum absolute atomic E-state index is 13.2. The molecule has 0 atom stereocenters. The summed E-state index contributed by atoms with van der Waals surface area (Å²) in [6.07, 6.45) is 1.81. The van der Waals surface area contributed by atoms with E-state index in [2.05, 4.69) is 5.32 Å². The Kier molecular flexibility index (Phi) is 4.06. The van der Waals surface area contributed by atoms with Gasteiger partial charge in [0.15, 0.2) is 17.5 Å². The van der Waals surface area contributed by atoms with Crippen LogP contribution in [0.2, 0.25) is 5.02 Å². The second kappa shape index (κ2) is 5.89. The lowest BCUT2D eigenvalue weighted by atomic mass is 9.96. The normalized spacial score (nSPS) is 15.3. The van der Waals surface area contributed by atoms with Crippen molar-refractivity contribution in [2.75, 3.05) is 6.54 Å². The van der Waals surface area contributed by atoms with Crippen LogP contribution in [-0.4, -0.2) is 12.5 Å². The summed E-state index contributed by atoms with van der Waals surface area (Å²) < 4.78 is 39.3. The van der Waals surface area contributed by atoms with Gasteiger partial charge < -0.3 is 5.32 Å². The fraction of sp³-hybridized carbons (Fsp3) is 0.235. The molecule has 0 bridgehead atoms. The van der Waals surface area contributed by atoms with Crippen LogP contribution >= 0.6 is 11.6 Å². The smallest absolute Gasteiger partial charge is 0.251 e. The van der Waals surface area contributed by atoms with Gasteiger partial charge in [-0.1, -0.05) is 23.7 Å². The first-order valence-corrected chi connectivity index (χ1v) is 7.48. The van der Waals surface area contributed by atoms with E-state index in [4.69, 9.17) is 11.6 Å². The molecule has 0 aromatic heterocycles. The molecule has 2 aromatic carbocycles. The topological polar surface area (TPSA) is 29.1 Å². The largest absolute Gasteiger partial charge is 0.351 e. The van der Waals surface area contributed by atoms with E-state index >= 15 is 0 Å². The predicted molar refractivity (Wildman–Crippen MR) is 81.0 cm³/mol. The van der Waals surface area contributed by atoms with E-state index in [-0.39, 0.29) is 11.0 Å². The zero-order chi connectivity index (χ0) is 16.6. The fourth-order valence-corrected chi connectivity index (χ4v) is 2.69. The maximum atomic E-state index is 13.2. The van der Waals surface area contributed by atoms with Crippen molar-refractivity contribution in [3.63, 3.8) is 0 Å². The van der Waals surface area contributed by atoms with E-state index in [9.17, 15) is 18.0 Å². The zero-order valence-corrected chi connectivity index (χ0v) is 12.8. The van der Waals surface area contributed by atoms with Crippen LogP contribution in [0.5, 0.6) is 0 Å². The van der Waals surface area contributed by atoms with E-state index in [0.29, 0.717) is 23.7 Å². The molecule has 1 N–H and O–H groups in total. The molecule has 0 spiro atoms. The number of halogens is 4. The van der Waals surface area contributed by atoms with E-state index in [1.807, 2.05) is 12.1 Å². The molecule has 2 aromatic rings. The average molecular weight is 340 g/mol. The molecule has 0 heterocycles. The van der Waals surface area contributed by atoms with Gasteiger partial charge in [-0.3, -0.25) is 4.79 Å². The minimum absolute atomic E-state index is 0.169. The molecule has 0 unspecified atom stereocenters. The molecule has 3 rings (SSSR count). The van der Waals surface area contributed by atoms with Gasteiger partial charge in [-0.15, -0.1) is 0 Å². The van der Waals surface area contributed by atoms with Gasteiger partial charge in [-0.05, 0) is 42.7 Å². The average Bonchev–Trinajstić information content (AvgIpc) is 3.31. The number of benzene rings is 2. The van der Waals surface area contributed by atoms with E-state index in [1.165, 1.54) is 0 Å². The van der Waals surface area contributed by atoms with Crippen molar-refractivity contribution >= 4 is 17.5 Å². The standard InChI is InChI=1S/C17H13ClF3NO/c18-12-3-1-11(2-4-12)17(5-6-17)9-22-16(23)10-7-13(19)15(21)14(20)8-10/h1-4,7-8H,5-6,9H2,(H,22,23). The lowest BCUT2D eigenvalue weighted by molar-refractivity contribution is 0.0948. The minimum Gasteiger partial charge on any atom is -0.351 e. The second-order valence-electron chi connectivity index (χ2n) is 5.72. The zero-order valence-electron chi connectivity index (χ0n) is 12.0. The van der Waals surface area contributed by atoms with Crippen molar-refractivity contribution in [1.29, 1.82) is 0 Å². The third kappa shape index (κ3) is 3.20. The van der Waals surface area contributed by atoms with Gasteiger partial charge in [0, 0.05) is 22.5 Å². The van der Waals surface area contributed by atoms with Crippen LogP contribution in [0, 0.1) is 17.5 Å². The Morgan fingerprint density at radius 3 is 2.17 bits per heavy atom. The molecule has 1 fully saturated rings. The molecular formula is C17H13ClF3NO. The lowest BCUT2D eigenvalue weighted by Crippen LogP contribution is -2.32. The van der Waals surface area contributed by atoms with Gasteiger partial charge in [0.05, 0.1) is 0 Å². The summed E-state index contributed by atoms with van der Waals surface area (Å²) in [5.74, 6) is -4.98. The first kappa shape index (κ1) is 15.9. The third-order valence-electron chi connectivity index (χ3n) is 4.14. The highest BCUT2D eigenvalue weighted by atomic mass is 35.5. The first-order chi connectivity index (χ1) is 10.9. The van der Waals surface area contributed by atoms with Crippen LogP contribution in [0.25, 0.3) is 0 Å². The Bertz CT molecular complexity index is 734. The monoisotopic (exact) mass is 339 g/mol. The lowest BCUT2D eigenvalue weighted by Gasteiger charge is -2.17. The van der Waals surface area contributed by atoms with Crippen LogP contribution in [0.1, 0.15) is 28.8 Å². The molecular weight excluding hydrogens is 327 g/mol. The summed E-state index contributed by atoms with van der Waals surface area (Å²) in [6.45, 7) is 0.341. The van der Waals surface area contributed by atoms with Crippen LogP contribution in [0.3, 0.4) is 0 Å². The number of hydrogen-bond acceptors (Lipinski definition) is 1. The molecule has 1 amide bonds. The van der Waals surface area contributed by atoms with Crippen molar-refractivity contribution in [2.45, 2.75) is 18.3 Å². The summed E-state index contributed by atoms with van der Waals surface area (Å²) in [5.41, 5.74) is 0.643. The molecule has 1 aliphatic carbocycles. The molecule has 0 aliphatic heterocycles. The predicted octanol–water partition coefficient (Wildman–Crippen LogP) is 4.22. The molecule has 120 valence electrons. The number of carbonyl (C=O) groups is 1. The van der Waals surface area contributed by atoms with Gasteiger partial charge in [0.25, 0.3) is 5.91 Å². The molecule has 23 heavy (non-hydrogen) atoms. The number of carbonyl (C=O) groups excluding carboxylic acids is 1. The molecule has 1 saturated carbocycles. The third-order valence-corrected chi connectivity index (χ3v) is 4.40. The summed E-state index contributed by atoms with van der Waals surface area (Å²) in [5, 5.41) is 3.29. The van der Waals surface area contributed by atoms with Gasteiger partial charge in [-0.2, -0.15) is 0 Å². The Balaban J connectivity index is 1.71. The molecule has 6 heteroatoms. The Morgan fingerprint density at radius 2 is 1.65 bits per heavy atom. The Hall–Kier alpha value is -2.01. The van der Waals surface area contributed by atoms with E-state index in [1.54, 1.807) is 12.1 Å². The number of hydrogen-bond donors (Lipinski definition) is 1. The Morgan fingerprint density at radius 1 is 1.09 bits per heavy atom. The quantitative estimate of drug-likeness (QED) is 0.830. The van der Waals surface area contributed by atoms with Gasteiger partial charge >= 0.3 is 0 Å². The molecule has 1 aliphatic rings. The fourth-order valence-electron chi connectivity index (χ4n) is 2.56. The Labute approximate surface area is 136 Å². The number of rotatable bonds is 4. The summed E-state index contributed by atoms with van der Waals surface area (Å²) in [7, 11) is 0. The van der Waals surface area contributed by atoms with E-state index < -0.39 is 23.4 Å². The highest BCUT2D eigenvalue weighted by Crippen LogP contribution is 2.47. The van der Waals surface area contributed by atoms with Crippen LogP contribution < -0.4 is 5.32 Å². The minimum atomic E-state index is -1.58.